The lowest BCUT2D eigenvalue weighted by Gasteiger charge is -2.21. The van der Waals surface area contributed by atoms with Gasteiger partial charge in [0.25, 0.3) is 0 Å². The maximum Gasteiger partial charge on any atom is 0.144 e. The zero-order chi connectivity index (χ0) is 14.1. The number of hydrogen-bond donors (Lipinski definition) is 1. The Balaban J connectivity index is 2.13. The second-order valence-corrected chi connectivity index (χ2v) is 5.08. The minimum atomic E-state index is 0.129. The number of nitrogens with zero attached hydrogens (tertiary/aromatic N) is 2. The van der Waals surface area contributed by atoms with Gasteiger partial charge in [-0.1, -0.05) is 0 Å². The smallest absolute Gasteiger partial charge is 0.144 e. The maximum absolute atomic E-state index is 8.98. The summed E-state index contributed by atoms with van der Waals surface area (Å²) in [5.74, 6) is 0.710. The number of methoxy groups -OCH3 is 1. The normalized spacial score (nSPS) is 17.4. The molecule has 1 atom stereocenters. The molecule has 0 saturated carbocycles. The number of fused-ring (bicyclic) bond motifs is 1. The zero-order valence-electron chi connectivity index (χ0n) is 11.5. The minimum Gasteiger partial charge on any atom is -0.495 e. The van der Waals surface area contributed by atoms with Crippen LogP contribution in [0.1, 0.15) is 35.7 Å². The molecule has 0 bridgehead atoms. The van der Waals surface area contributed by atoms with Gasteiger partial charge in [0.1, 0.15) is 5.75 Å². The first kappa shape index (κ1) is 12.8. The number of benzene rings is 1. The van der Waals surface area contributed by atoms with E-state index in [1.54, 1.807) is 13.2 Å². The monoisotopic (exact) mass is 267 g/mol. The molecule has 1 unspecified atom stereocenters. The molecule has 0 aliphatic heterocycles. The average molecular weight is 267 g/mol. The van der Waals surface area contributed by atoms with Gasteiger partial charge in [-0.2, -0.15) is 5.26 Å². The summed E-state index contributed by atoms with van der Waals surface area (Å²) in [5.41, 5.74) is 10.2. The van der Waals surface area contributed by atoms with Crippen molar-refractivity contribution in [3.05, 3.63) is 47.3 Å². The lowest BCUT2D eigenvalue weighted by Crippen LogP contribution is -2.18. The van der Waals surface area contributed by atoms with Crippen molar-refractivity contribution in [1.82, 2.24) is 4.57 Å². The Bertz CT molecular complexity index is 682. The Labute approximate surface area is 118 Å². The Morgan fingerprint density at radius 2 is 2.25 bits per heavy atom. The van der Waals surface area contributed by atoms with Gasteiger partial charge in [0.2, 0.25) is 0 Å². The molecule has 2 aromatic rings. The van der Waals surface area contributed by atoms with Crippen LogP contribution in [0.25, 0.3) is 5.69 Å². The fraction of sp³-hybridized carbons (Fsp3) is 0.312. The molecule has 1 aliphatic rings. The predicted octanol–water partition coefficient (Wildman–Crippen LogP) is 2.69. The molecule has 0 spiro atoms. The van der Waals surface area contributed by atoms with Crippen molar-refractivity contribution in [1.29, 1.82) is 5.26 Å². The standard InChI is InChI=1S/C16H17N3O/c1-20-16-9-11(10-17)5-6-15(16)19-8-7-12-13(18)3-2-4-14(12)19/h5-9,13H,2-4,18H2,1H3. The highest BCUT2D eigenvalue weighted by molar-refractivity contribution is 5.53. The third-order valence-electron chi connectivity index (χ3n) is 3.92. The Hall–Kier alpha value is -2.25. The van der Waals surface area contributed by atoms with Crippen molar-refractivity contribution in [2.45, 2.75) is 25.3 Å². The van der Waals surface area contributed by atoms with Crippen LogP contribution in [0.2, 0.25) is 0 Å². The number of nitrogens with two attached hydrogens (primary N) is 1. The molecule has 3 rings (SSSR count). The Kier molecular flexibility index (Phi) is 3.21. The van der Waals surface area contributed by atoms with Crippen LogP contribution in [0.3, 0.4) is 0 Å². The van der Waals surface area contributed by atoms with Crippen LogP contribution >= 0.6 is 0 Å². The van der Waals surface area contributed by atoms with Crippen molar-refractivity contribution in [3.63, 3.8) is 0 Å². The highest BCUT2D eigenvalue weighted by Crippen LogP contribution is 2.33. The molecular weight excluding hydrogens is 250 g/mol. The largest absolute Gasteiger partial charge is 0.495 e. The van der Waals surface area contributed by atoms with Gasteiger partial charge < -0.3 is 15.0 Å². The SMILES string of the molecule is COc1cc(C#N)ccc1-n1ccc2c1CCCC2N. The van der Waals surface area contributed by atoms with Crippen LogP contribution in [0.5, 0.6) is 5.75 Å². The molecule has 0 saturated heterocycles. The van der Waals surface area contributed by atoms with E-state index >= 15 is 0 Å². The predicted molar refractivity (Wildman–Crippen MR) is 76.9 cm³/mol. The van der Waals surface area contributed by atoms with E-state index in [-0.39, 0.29) is 6.04 Å². The average Bonchev–Trinajstić information content (AvgIpc) is 2.91. The molecule has 102 valence electrons. The van der Waals surface area contributed by atoms with Gasteiger partial charge in [0.05, 0.1) is 24.4 Å². The number of ether oxygens (including phenoxy) is 1. The van der Waals surface area contributed by atoms with Crippen molar-refractivity contribution in [3.8, 4) is 17.5 Å². The summed E-state index contributed by atoms with van der Waals surface area (Å²) in [5, 5.41) is 8.98. The molecule has 1 heterocycles. The number of rotatable bonds is 2. The highest BCUT2D eigenvalue weighted by atomic mass is 16.5. The topological polar surface area (TPSA) is 64.0 Å². The van der Waals surface area contributed by atoms with E-state index in [0.29, 0.717) is 11.3 Å². The lowest BCUT2D eigenvalue weighted by molar-refractivity contribution is 0.412. The lowest BCUT2D eigenvalue weighted by atomic mass is 9.93. The third-order valence-corrected chi connectivity index (χ3v) is 3.92. The van der Waals surface area contributed by atoms with E-state index in [0.717, 1.165) is 24.9 Å². The summed E-state index contributed by atoms with van der Waals surface area (Å²) >= 11 is 0. The van der Waals surface area contributed by atoms with Gasteiger partial charge in [0, 0.05) is 24.0 Å². The summed E-state index contributed by atoms with van der Waals surface area (Å²) < 4.78 is 7.56. The Morgan fingerprint density at radius 3 is 3.00 bits per heavy atom. The van der Waals surface area contributed by atoms with E-state index < -0.39 is 0 Å². The second-order valence-electron chi connectivity index (χ2n) is 5.08. The van der Waals surface area contributed by atoms with E-state index in [1.165, 1.54) is 11.3 Å². The summed E-state index contributed by atoms with van der Waals surface area (Å²) in [6, 6.07) is 9.87. The summed E-state index contributed by atoms with van der Waals surface area (Å²) in [6.07, 6.45) is 5.22. The number of aromatic nitrogens is 1. The molecular formula is C16H17N3O. The molecule has 0 amide bonds. The van der Waals surface area contributed by atoms with Gasteiger partial charge in [0.15, 0.2) is 0 Å². The van der Waals surface area contributed by atoms with Crippen LogP contribution < -0.4 is 10.5 Å². The molecule has 4 nitrogen and oxygen atoms in total. The van der Waals surface area contributed by atoms with Crippen LogP contribution in [0, 0.1) is 11.3 Å². The maximum atomic E-state index is 8.98. The first-order valence-electron chi connectivity index (χ1n) is 6.79. The van der Waals surface area contributed by atoms with Crippen LogP contribution in [-0.2, 0) is 6.42 Å². The van der Waals surface area contributed by atoms with Crippen molar-refractivity contribution >= 4 is 0 Å². The third kappa shape index (κ3) is 1.97. The van der Waals surface area contributed by atoms with Gasteiger partial charge in [-0.25, -0.2) is 0 Å². The van der Waals surface area contributed by atoms with E-state index in [2.05, 4.69) is 16.7 Å². The first-order valence-corrected chi connectivity index (χ1v) is 6.79. The van der Waals surface area contributed by atoms with Crippen molar-refractivity contribution in [2.75, 3.05) is 7.11 Å². The zero-order valence-corrected chi connectivity index (χ0v) is 11.5. The second kappa shape index (κ2) is 5.03. The van der Waals surface area contributed by atoms with Crippen molar-refractivity contribution < 1.29 is 4.74 Å². The van der Waals surface area contributed by atoms with E-state index in [4.69, 9.17) is 15.7 Å². The van der Waals surface area contributed by atoms with Crippen molar-refractivity contribution in [2.24, 2.45) is 5.73 Å². The molecule has 4 heteroatoms. The summed E-state index contributed by atoms with van der Waals surface area (Å²) in [7, 11) is 1.63. The van der Waals surface area contributed by atoms with Crippen LogP contribution in [-0.4, -0.2) is 11.7 Å². The first-order chi connectivity index (χ1) is 9.74. The fourth-order valence-electron chi connectivity index (χ4n) is 2.90. The molecule has 0 fully saturated rings. The molecule has 0 radical (unpaired) electrons. The number of hydrogen-bond acceptors (Lipinski definition) is 3. The van der Waals surface area contributed by atoms with Crippen LogP contribution in [0.4, 0.5) is 0 Å². The Morgan fingerprint density at radius 1 is 1.40 bits per heavy atom. The number of nitriles is 1. The molecule has 1 aromatic carbocycles. The molecule has 20 heavy (non-hydrogen) atoms. The van der Waals surface area contributed by atoms with E-state index in [1.807, 2.05) is 18.3 Å². The molecule has 1 aliphatic carbocycles. The summed E-state index contributed by atoms with van der Waals surface area (Å²) in [6.45, 7) is 0. The molecule has 2 N–H and O–H groups in total. The fourth-order valence-corrected chi connectivity index (χ4v) is 2.90. The quantitative estimate of drug-likeness (QED) is 0.909. The van der Waals surface area contributed by atoms with Gasteiger partial charge in [-0.05, 0) is 43.0 Å². The minimum absolute atomic E-state index is 0.129. The molecule has 1 aromatic heterocycles. The van der Waals surface area contributed by atoms with Gasteiger partial charge >= 0.3 is 0 Å². The van der Waals surface area contributed by atoms with E-state index in [9.17, 15) is 0 Å². The van der Waals surface area contributed by atoms with Gasteiger partial charge in [-0.15, -0.1) is 0 Å². The van der Waals surface area contributed by atoms with Gasteiger partial charge in [-0.3, -0.25) is 0 Å². The highest BCUT2D eigenvalue weighted by Gasteiger charge is 2.21. The van der Waals surface area contributed by atoms with Crippen LogP contribution in [0.15, 0.2) is 30.5 Å². The summed E-state index contributed by atoms with van der Waals surface area (Å²) in [4.78, 5) is 0.